The van der Waals surface area contributed by atoms with Crippen molar-refractivity contribution in [1.29, 1.82) is 0 Å². The van der Waals surface area contributed by atoms with Crippen molar-refractivity contribution in [3.8, 4) is 0 Å². The quantitative estimate of drug-likeness (QED) is 0.819. The molecule has 0 radical (unpaired) electrons. The summed E-state index contributed by atoms with van der Waals surface area (Å²) in [4.78, 5) is 4.38. The number of nitrogens with zero attached hydrogens (tertiary/aromatic N) is 1. The Labute approximate surface area is 92.1 Å². The minimum atomic E-state index is 0.372. The zero-order chi connectivity index (χ0) is 10.7. The molecule has 1 N–H and O–H groups in total. The van der Waals surface area contributed by atoms with Gasteiger partial charge in [-0.3, -0.25) is 4.98 Å². The molecule has 1 aliphatic carbocycles. The summed E-state index contributed by atoms with van der Waals surface area (Å²) in [5.41, 5.74) is 1.15. The smallest absolute Gasteiger partial charge is 0.0570 e. The first-order valence-corrected chi connectivity index (χ1v) is 5.94. The zero-order valence-electron chi connectivity index (χ0n) is 9.61. The Morgan fingerprint density at radius 1 is 1.40 bits per heavy atom. The van der Waals surface area contributed by atoms with Crippen LogP contribution in [0.25, 0.3) is 0 Å². The van der Waals surface area contributed by atoms with Gasteiger partial charge < -0.3 is 5.32 Å². The van der Waals surface area contributed by atoms with Gasteiger partial charge in [-0.05, 0) is 37.8 Å². The normalized spacial score (nSPS) is 27.9. The third-order valence-corrected chi connectivity index (χ3v) is 3.46. The molecule has 1 fully saturated rings. The monoisotopic (exact) mass is 204 g/mol. The molecule has 82 valence electrons. The molecule has 0 bridgehead atoms. The number of nitrogens with one attached hydrogen (secondary N) is 1. The van der Waals surface area contributed by atoms with Gasteiger partial charge >= 0.3 is 0 Å². The lowest BCUT2D eigenvalue weighted by molar-refractivity contribution is 0.385. The summed E-state index contributed by atoms with van der Waals surface area (Å²) < 4.78 is 0. The predicted molar refractivity (Wildman–Crippen MR) is 62.6 cm³/mol. The van der Waals surface area contributed by atoms with Crippen LogP contribution in [0.15, 0.2) is 24.4 Å². The molecule has 1 heterocycles. The van der Waals surface area contributed by atoms with Crippen LogP contribution >= 0.6 is 0 Å². The van der Waals surface area contributed by atoms with Gasteiger partial charge in [0, 0.05) is 18.3 Å². The van der Waals surface area contributed by atoms with Crippen LogP contribution in [0.1, 0.15) is 44.8 Å². The van der Waals surface area contributed by atoms with Crippen molar-refractivity contribution < 1.29 is 0 Å². The van der Waals surface area contributed by atoms with Crippen molar-refractivity contribution in [2.75, 3.05) is 0 Å². The van der Waals surface area contributed by atoms with Crippen molar-refractivity contribution in [2.24, 2.45) is 5.92 Å². The van der Waals surface area contributed by atoms with Crippen molar-refractivity contribution in [3.05, 3.63) is 30.1 Å². The average Bonchev–Trinajstić information content (AvgIpc) is 2.66. The molecule has 1 aliphatic rings. The first-order valence-electron chi connectivity index (χ1n) is 5.94. The first-order chi connectivity index (χ1) is 7.27. The second kappa shape index (κ2) is 4.75. The zero-order valence-corrected chi connectivity index (χ0v) is 9.61. The van der Waals surface area contributed by atoms with Crippen LogP contribution in [-0.4, -0.2) is 11.0 Å². The molecule has 1 saturated carbocycles. The Bertz CT molecular complexity index is 297. The van der Waals surface area contributed by atoms with E-state index in [1.165, 1.54) is 19.3 Å². The molecular formula is C13H20N2. The lowest BCUT2D eigenvalue weighted by Gasteiger charge is -2.22. The minimum absolute atomic E-state index is 0.372. The Morgan fingerprint density at radius 3 is 2.87 bits per heavy atom. The number of rotatable bonds is 3. The highest BCUT2D eigenvalue weighted by molar-refractivity contribution is 5.08. The SMILES string of the molecule is C[C@H](N[C@@H]1CCC[C@@H]1C)c1ccccn1. The Kier molecular flexibility index (Phi) is 3.37. The minimum Gasteiger partial charge on any atom is -0.306 e. The van der Waals surface area contributed by atoms with E-state index in [-0.39, 0.29) is 0 Å². The molecule has 2 rings (SSSR count). The van der Waals surface area contributed by atoms with Crippen molar-refractivity contribution in [1.82, 2.24) is 10.3 Å². The summed E-state index contributed by atoms with van der Waals surface area (Å²) >= 11 is 0. The molecule has 1 aromatic rings. The predicted octanol–water partition coefficient (Wildman–Crippen LogP) is 2.92. The van der Waals surface area contributed by atoms with Gasteiger partial charge in [0.2, 0.25) is 0 Å². The summed E-state index contributed by atoms with van der Waals surface area (Å²) in [5, 5.41) is 3.68. The van der Waals surface area contributed by atoms with E-state index in [4.69, 9.17) is 0 Å². The summed E-state index contributed by atoms with van der Waals surface area (Å²) in [6.45, 7) is 4.54. The molecule has 15 heavy (non-hydrogen) atoms. The maximum absolute atomic E-state index is 4.38. The van der Waals surface area contributed by atoms with Crippen molar-refractivity contribution in [2.45, 2.75) is 45.2 Å². The van der Waals surface area contributed by atoms with Gasteiger partial charge in [-0.15, -0.1) is 0 Å². The highest BCUT2D eigenvalue weighted by Gasteiger charge is 2.24. The number of hydrogen-bond acceptors (Lipinski definition) is 2. The molecule has 1 aromatic heterocycles. The summed E-state index contributed by atoms with van der Waals surface area (Å²) in [6.07, 6.45) is 5.92. The molecular weight excluding hydrogens is 184 g/mol. The van der Waals surface area contributed by atoms with Crippen LogP contribution < -0.4 is 5.32 Å². The van der Waals surface area contributed by atoms with Crippen LogP contribution in [0.3, 0.4) is 0 Å². The highest BCUT2D eigenvalue weighted by atomic mass is 15.0. The van der Waals surface area contributed by atoms with E-state index < -0.39 is 0 Å². The lowest BCUT2D eigenvalue weighted by atomic mass is 10.0. The summed E-state index contributed by atoms with van der Waals surface area (Å²) in [7, 11) is 0. The molecule has 0 aromatic carbocycles. The Hall–Kier alpha value is -0.890. The molecule has 0 spiro atoms. The molecule has 3 atom stereocenters. The molecule has 2 nitrogen and oxygen atoms in total. The third-order valence-electron chi connectivity index (χ3n) is 3.46. The van der Waals surface area contributed by atoms with Gasteiger partial charge in [0.1, 0.15) is 0 Å². The van der Waals surface area contributed by atoms with Gasteiger partial charge in [-0.1, -0.05) is 19.4 Å². The van der Waals surface area contributed by atoms with E-state index in [9.17, 15) is 0 Å². The van der Waals surface area contributed by atoms with Crippen LogP contribution in [0.2, 0.25) is 0 Å². The Balaban J connectivity index is 1.95. The van der Waals surface area contributed by atoms with Gasteiger partial charge in [-0.2, -0.15) is 0 Å². The largest absolute Gasteiger partial charge is 0.306 e. The third kappa shape index (κ3) is 2.57. The fraction of sp³-hybridized carbons (Fsp3) is 0.615. The number of pyridine rings is 1. The molecule has 0 aliphatic heterocycles. The van der Waals surface area contributed by atoms with Crippen molar-refractivity contribution in [3.63, 3.8) is 0 Å². The van der Waals surface area contributed by atoms with Gasteiger partial charge in [-0.25, -0.2) is 0 Å². The topological polar surface area (TPSA) is 24.9 Å². The molecule has 0 unspecified atom stereocenters. The summed E-state index contributed by atoms with van der Waals surface area (Å²) in [6, 6.07) is 7.17. The fourth-order valence-electron chi connectivity index (χ4n) is 2.43. The van der Waals surface area contributed by atoms with Crippen LogP contribution in [0, 0.1) is 5.92 Å². The van der Waals surface area contributed by atoms with E-state index in [1.54, 1.807) is 0 Å². The standard InChI is InChI=1S/C13H20N2/c1-10-6-5-8-12(10)15-11(2)13-7-3-4-9-14-13/h3-4,7,9-12,15H,5-6,8H2,1-2H3/t10-,11-,12+/m0/s1. The Morgan fingerprint density at radius 2 is 2.27 bits per heavy atom. The van der Waals surface area contributed by atoms with Gasteiger partial charge in [0.05, 0.1) is 5.69 Å². The van der Waals surface area contributed by atoms with Gasteiger partial charge in [0.25, 0.3) is 0 Å². The summed E-state index contributed by atoms with van der Waals surface area (Å²) in [5.74, 6) is 0.816. The van der Waals surface area contributed by atoms with E-state index in [1.807, 2.05) is 12.3 Å². The van der Waals surface area contributed by atoms with Crippen LogP contribution in [0.4, 0.5) is 0 Å². The van der Waals surface area contributed by atoms with E-state index in [0.717, 1.165) is 11.6 Å². The highest BCUT2D eigenvalue weighted by Crippen LogP contribution is 2.26. The number of aromatic nitrogens is 1. The molecule has 0 amide bonds. The van der Waals surface area contributed by atoms with E-state index in [0.29, 0.717) is 12.1 Å². The van der Waals surface area contributed by atoms with E-state index >= 15 is 0 Å². The average molecular weight is 204 g/mol. The lowest BCUT2D eigenvalue weighted by Crippen LogP contribution is -2.33. The van der Waals surface area contributed by atoms with Crippen molar-refractivity contribution >= 4 is 0 Å². The second-order valence-corrected chi connectivity index (χ2v) is 4.66. The van der Waals surface area contributed by atoms with Crippen LogP contribution in [0.5, 0.6) is 0 Å². The maximum Gasteiger partial charge on any atom is 0.0570 e. The van der Waals surface area contributed by atoms with Gasteiger partial charge in [0.15, 0.2) is 0 Å². The van der Waals surface area contributed by atoms with Crippen LogP contribution in [-0.2, 0) is 0 Å². The first kappa shape index (κ1) is 10.6. The molecule has 0 saturated heterocycles. The number of hydrogen-bond donors (Lipinski definition) is 1. The van der Waals surface area contributed by atoms with E-state index in [2.05, 4.69) is 36.3 Å². The fourth-order valence-corrected chi connectivity index (χ4v) is 2.43. The second-order valence-electron chi connectivity index (χ2n) is 4.66. The maximum atomic E-state index is 4.38. The molecule has 2 heteroatoms.